The Morgan fingerprint density at radius 3 is 2.68 bits per heavy atom. The minimum Gasteiger partial charge on any atom is -0.507 e. The lowest BCUT2D eigenvalue weighted by Gasteiger charge is -2.25. The summed E-state index contributed by atoms with van der Waals surface area (Å²) in [7, 11) is 0. The third-order valence-corrected chi connectivity index (χ3v) is 4.64. The third kappa shape index (κ3) is 3.94. The quantitative estimate of drug-likeness (QED) is 0.629. The van der Waals surface area contributed by atoms with Crippen LogP contribution in [0.3, 0.4) is 0 Å². The fraction of sp³-hybridized carbons (Fsp3) is 0.421. The number of aromatic nitrogens is 6. The molecular formula is C19H24N8O. The molecule has 0 spiro atoms. The fourth-order valence-electron chi connectivity index (χ4n) is 3.46. The van der Waals surface area contributed by atoms with Gasteiger partial charge in [-0.05, 0) is 39.3 Å². The number of aromatic hydroxyl groups is 1. The average molecular weight is 380 g/mol. The van der Waals surface area contributed by atoms with Crippen LogP contribution in [0.1, 0.15) is 27.2 Å². The summed E-state index contributed by atoms with van der Waals surface area (Å²) in [5.74, 6) is 0.709. The lowest BCUT2D eigenvalue weighted by molar-refractivity contribution is 0.373. The average Bonchev–Trinajstić information content (AvgIpc) is 3.32. The number of nitrogens with zero attached hydrogens (tertiary/aromatic N) is 6. The smallest absolute Gasteiger partial charge is 0.245 e. The first-order valence-corrected chi connectivity index (χ1v) is 9.31. The number of anilines is 1. The van der Waals surface area contributed by atoms with Gasteiger partial charge in [0.05, 0.1) is 12.4 Å². The zero-order valence-electron chi connectivity index (χ0n) is 16.2. The minimum absolute atomic E-state index is 0.0826. The van der Waals surface area contributed by atoms with Gasteiger partial charge in [-0.15, -0.1) is 10.2 Å². The molecule has 3 heterocycles. The molecule has 3 aromatic rings. The van der Waals surface area contributed by atoms with Crippen molar-refractivity contribution in [1.29, 1.82) is 0 Å². The predicted molar refractivity (Wildman–Crippen MR) is 106 cm³/mol. The maximum absolute atomic E-state index is 10.4. The molecule has 1 aliphatic rings. The molecule has 0 radical (unpaired) electrons. The number of rotatable bonds is 4. The number of phenolic OH excluding ortho intramolecular Hbond substituents is 1. The van der Waals surface area contributed by atoms with Gasteiger partial charge in [0.1, 0.15) is 17.1 Å². The molecule has 1 unspecified atom stereocenters. The highest BCUT2D eigenvalue weighted by atomic mass is 16.3. The van der Waals surface area contributed by atoms with E-state index in [1.807, 2.05) is 6.07 Å². The van der Waals surface area contributed by atoms with Crippen LogP contribution in [0.2, 0.25) is 0 Å². The summed E-state index contributed by atoms with van der Waals surface area (Å²) < 4.78 is 0. The lowest BCUT2D eigenvalue weighted by Crippen LogP contribution is -2.45. The molecule has 1 aromatic carbocycles. The first-order chi connectivity index (χ1) is 13.4. The molecule has 9 heteroatoms. The molecule has 0 bridgehead atoms. The van der Waals surface area contributed by atoms with Crippen LogP contribution >= 0.6 is 0 Å². The van der Waals surface area contributed by atoms with Crippen LogP contribution in [-0.2, 0) is 0 Å². The van der Waals surface area contributed by atoms with Crippen LogP contribution in [0.5, 0.6) is 5.75 Å². The van der Waals surface area contributed by atoms with Gasteiger partial charge in [-0.3, -0.25) is 0 Å². The van der Waals surface area contributed by atoms with Crippen LogP contribution in [0.15, 0.2) is 30.6 Å². The number of hydrogen-bond donors (Lipinski definition) is 3. The topological polar surface area (TPSA) is 116 Å². The van der Waals surface area contributed by atoms with Crippen molar-refractivity contribution in [2.75, 3.05) is 18.0 Å². The monoisotopic (exact) mass is 380 g/mol. The van der Waals surface area contributed by atoms with Gasteiger partial charge in [-0.2, -0.15) is 15.4 Å². The fourth-order valence-corrected chi connectivity index (χ4v) is 3.46. The van der Waals surface area contributed by atoms with Gasteiger partial charge in [0.25, 0.3) is 0 Å². The van der Waals surface area contributed by atoms with Gasteiger partial charge in [0.2, 0.25) is 5.95 Å². The Balaban J connectivity index is 1.48. The molecule has 4 rings (SSSR count). The van der Waals surface area contributed by atoms with Gasteiger partial charge >= 0.3 is 0 Å². The Bertz CT molecular complexity index is 934. The molecule has 0 amide bonds. The van der Waals surface area contributed by atoms with E-state index in [0.29, 0.717) is 28.9 Å². The zero-order valence-corrected chi connectivity index (χ0v) is 16.2. The summed E-state index contributed by atoms with van der Waals surface area (Å²) in [6.07, 6.45) is 4.30. The van der Waals surface area contributed by atoms with Crippen molar-refractivity contribution < 1.29 is 5.11 Å². The molecule has 1 saturated heterocycles. The van der Waals surface area contributed by atoms with Crippen molar-refractivity contribution >= 4 is 5.95 Å². The molecule has 2 aromatic heterocycles. The highest BCUT2D eigenvalue weighted by molar-refractivity contribution is 5.72. The number of benzene rings is 1. The number of aromatic amines is 1. The third-order valence-electron chi connectivity index (χ3n) is 4.64. The van der Waals surface area contributed by atoms with Crippen molar-refractivity contribution in [3.63, 3.8) is 0 Å². The van der Waals surface area contributed by atoms with E-state index in [1.165, 1.54) is 0 Å². The van der Waals surface area contributed by atoms with Gasteiger partial charge in [0, 0.05) is 35.8 Å². The normalized spacial score (nSPS) is 17.2. The van der Waals surface area contributed by atoms with E-state index in [2.05, 4.69) is 61.6 Å². The number of nitrogens with one attached hydrogen (secondary N) is 2. The molecular weight excluding hydrogens is 356 g/mol. The van der Waals surface area contributed by atoms with Gasteiger partial charge in [-0.25, -0.2) is 4.98 Å². The molecule has 3 N–H and O–H groups in total. The molecule has 146 valence electrons. The Hall–Kier alpha value is -3.07. The Labute approximate surface area is 163 Å². The second-order valence-corrected chi connectivity index (χ2v) is 8.06. The first-order valence-electron chi connectivity index (χ1n) is 9.31. The van der Waals surface area contributed by atoms with Crippen molar-refractivity contribution in [1.82, 2.24) is 35.9 Å². The minimum atomic E-state index is 0.0826. The zero-order chi connectivity index (χ0) is 19.7. The number of hydrogen-bond acceptors (Lipinski definition) is 8. The van der Waals surface area contributed by atoms with Crippen molar-refractivity contribution in [2.24, 2.45) is 0 Å². The molecule has 1 aliphatic heterocycles. The van der Waals surface area contributed by atoms with Gasteiger partial charge < -0.3 is 15.3 Å². The summed E-state index contributed by atoms with van der Waals surface area (Å²) >= 11 is 0. The molecule has 0 aliphatic carbocycles. The second-order valence-electron chi connectivity index (χ2n) is 8.06. The Morgan fingerprint density at radius 1 is 1.18 bits per heavy atom. The molecule has 1 fully saturated rings. The standard InChI is InChI=1S/C19H24N8O/c1-19(2,3)22-13-6-7-27(11-13)18-20-9-16(23-25-18)14-5-4-12(8-17(14)28)15-10-21-26-24-15/h4-5,8-10,13,22,28H,6-7,11H2,1-3H3,(H,21,24,26). The van der Waals surface area contributed by atoms with Crippen molar-refractivity contribution in [2.45, 2.75) is 38.8 Å². The number of H-pyrrole nitrogens is 1. The highest BCUT2D eigenvalue weighted by Crippen LogP contribution is 2.31. The van der Waals surface area contributed by atoms with E-state index in [-0.39, 0.29) is 11.3 Å². The van der Waals surface area contributed by atoms with Crippen LogP contribution in [0.25, 0.3) is 22.5 Å². The van der Waals surface area contributed by atoms with E-state index >= 15 is 0 Å². The lowest BCUT2D eigenvalue weighted by atomic mass is 10.1. The second kappa shape index (κ2) is 7.16. The van der Waals surface area contributed by atoms with Crippen LogP contribution < -0.4 is 10.2 Å². The Morgan fingerprint density at radius 2 is 2.04 bits per heavy atom. The van der Waals surface area contributed by atoms with E-state index in [4.69, 9.17) is 0 Å². The summed E-state index contributed by atoms with van der Waals surface area (Å²) in [6, 6.07) is 5.68. The van der Waals surface area contributed by atoms with Crippen molar-refractivity contribution in [3.05, 3.63) is 30.6 Å². The largest absolute Gasteiger partial charge is 0.507 e. The maximum Gasteiger partial charge on any atom is 0.245 e. The van der Waals surface area contributed by atoms with Crippen LogP contribution in [0, 0.1) is 0 Å². The predicted octanol–water partition coefficient (Wildman–Crippen LogP) is 2.00. The summed E-state index contributed by atoms with van der Waals surface area (Å²) in [5.41, 5.74) is 2.61. The highest BCUT2D eigenvalue weighted by Gasteiger charge is 2.27. The van der Waals surface area contributed by atoms with E-state index in [9.17, 15) is 5.11 Å². The van der Waals surface area contributed by atoms with Gasteiger partial charge in [0.15, 0.2) is 0 Å². The molecule has 0 saturated carbocycles. The summed E-state index contributed by atoms with van der Waals surface area (Å²) in [4.78, 5) is 6.60. The SMILES string of the molecule is CC(C)(C)NC1CCN(c2ncc(-c3ccc(-c4cn[nH]n4)cc3O)nn2)C1. The maximum atomic E-state index is 10.4. The molecule has 1 atom stereocenters. The van der Waals surface area contributed by atoms with E-state index in [0.717, 1.165) is 25.1 Å². The van der Waals surface area contributed by atoms with Crippen LogP contribution in [-0.4, -0.2) is 60.4 Å². The molecule has 9 nitrogen and oxygen atoms in total. The summed E-state index contributed by atoms with van der Waals surface area (Å²) in [5, 5.41) is 32.9. The summed E-state index contributed by atoms with van der Waals surface area (Å²) in [6.45, 7) is 8.26. The Kier molecular flexibility index (Phi) is 4.68. The first kappa shape index (κ1) is 18.3. The van der Waals surface area contributed by atoms with Gasteiger partial charge in [-0.1, -0.05) is 6.07 Å². The molecule has 28 heavy (non-hydrogen) atoms. The number of phenols is 1. The van der Waals surface area contributed by atoms with E-state index < -0.39 is 0 Å². The van der Waals surface area contributed by atoms with Crippen molar-refractivity contribution in [3.8, 4) is 28.3 Å². The van der Waals surface area contributed by atoms with E-state index in [1.54, 1.807) is 24.5 Å². The van der Waals surface area contributed by atoms with Crippen LogP contribution in [0.4, 0.5) is 5.95 Å².